The molecule has 1 aliphatic rings. The lowest BCUT2D eigenvalue weighted by Crippen LogP contribution is -2.49. The van der Waals surface area contributed by atoms with Gasteiger partial charge in [-0.1, -0.05) is 19.8 Å². The fraction of sp³-hybridized carbons (Fsp3) is 0.833. The van der Waals surface area contributed by atoms with Crippen molar-refractivity contribution in [1.29, 1.82) is 0 Å². The van der Waals surface area contributed by atoms with E-state index >= 15 is 0 Å². The highest BCUT2D eigenvalue weighted by Crippen LogP contribution is 2.41. The average Bonchev–Trinajstić information content (AvgIpc) is 2.26. The summed E-state index contributed by atoms with van der Waals surface area (Å²) in [5.41, 5.74) is -1.27. The van der Waals surface area contributed by atoms with Crippen molar-refractivity contribution in [1.82, 2.24) is 5.32 Å². The first-order valence-corrected chi connectivity index (χ1v) is 5.88. The van der Waals surface area contributed by atoms with Gasteiger partial charge >= 0.3 is 5.97 Å². The lowest BCUT2D eigenvalue weighted by Gasteiger charge is -2.37. The maximum Gasteiger partial charge on any atom is 0.319 e. The third-order valence-corrected chi connectivity index (χ3v) is 3.90. The number of aliphatic carboxylic acids is 1. The molecule has 0 aromatic carbocycles. The van der Waals surface area contributed by atoms with Crippen molar-refractivity contribution >= 4 is 11.9 Å². The second-order valence-electron chi connectivity index (χ2n) is 5.06. The summed E-state index contributed by atoms with van der Waals surface area (Å²) in [6.07, 6.45) is 3.82. The number of carbonyl (C=O) groups excluding carboxylic acids is 1. The number of carboxylic acid groups (broad SMARTS) is 1. The molecule has 1 saturated carbocycles. The van der Waals surface area contributed by atoms with E-state index < -0.39 is 11.4 Å². The molecule has 1 aliphatic carbocycles. The molecule has 3 unspecified atom stereocenters. The predicted molar refractivity (Wildman–Crippen MR) is 60.9 cm³/mol. The number of hydrogen-bond acceptors (Lipinski definition) is 2. The highest BCUT2D eigenvalue weighted by molar-refractivity contribution is 6.01. The van der Waals surface area contributed by atoms with Gasteiger partial charge in [0.2, 0.25) is 5.91 Å². The van der Waals surface area contributed by atoms with Crippen LogP contribution in [-0.4, -0.2) is 24.0 Å². The zero-order valence-corrected chi connectivity index (χ0v) is 10.2. The minimum atomic E-state index is -1.27. The van der Waals surface area contributed by atoms with Crippen LogP contribution in [0.3, 0.4) is 0 Å². The van der Waals surface area contributed by atoms with Crippen molar-refractivity contribution in [2.24, 2.45) is 17.3 Å². The van der Waals surface area contributed by atoms with Crippen LogP contribution in [0.4, 0.5) is 0 Å². The molecule has 0 radical (unpaired) electrons. The Kier molecular flexibility index (Phi) is 3.94. The zero-order chi connectivity index (χ0) is 12.3. The number of carbonyl (C=O) groups is 2. The van der Waals surface area contributed by atoms with E-state index in [-0.39, 0.29) is 11.8 Å². The number of hydrogen-bond donors (Lipinski definition) is 2. The van der Waals surface area contributed by atoms with Crippen LogP contribution in [0.15, 0.2) is 0 Å². The van der Waals surface area contributed by atoms with Gasteiger partial charge in [-0.2, -0.15) is 0 Å². The Hall–Kier alpha value is -1.06. The first-order chi connectivity index (χ1) is 7.42. The molecular weight excluding hydrogens is 206 g/mol. The minimum absolute atomic E-state index is 0.0475. The quantitative estimate of drug-likeness (QED) is 0.720. The largest absolute Gasteiger partial charge is 0.480 e. The van der Waals surface area contributed by atoms with Gasteiger partial charge in [0, 0.05) is 7.05 Å². The van der Waals surface area contributed by atoms with Gasteiger partial charge in [-0.25, -0.2) is 0 Å². The van der Waals surface area contributed by atoms with Crippen LogP contribution in [0.5, 0.6) is 0 Å². The van der Waals surface area contributed by atoms with Crippen LogP contribution in [-0.2, 0) is 9.59 Å². The average molecular weight is 227 g/mol. The molecule has 0 aliphatic heterocycles. The van der Waals surface area contributed by atoms with Crippen molar-refractivity contribution in [3.05, 3.63) is 0 Å². The number of amides is 1. The van der Waals surface area contributed by atoms with Gasteiger partial charge in [0.15, 0.2) is 0 Å². The second-order valence-corrected chi connectivity index (χ2v) is 5.06. The lowest BCUT2D eigenvalue weighted by molar-refractivity contribution is -0.159. The van der Waals surface area contributed by atoms with Gasteiger partial charge in [-0.3, -0.25) is 9.59 Å². The number of nitrogens with one attached hydrogen (secondary N) is 1. The maximum atomic E-state index is 11.8. The standard InChI is InChI=1S/C12H21NO3/c1-8-5-4-6-9(7-8)12(2,11(15)16)10(14)13-3/h8-9H,4-7H2,1-3H3,(H,13,14)(H,15,16). The Bertz CT molecular complexity index is 290. The Morgan fingerprint density at radius 2 is 2.00 bits per heavy atom. The number of rotatable bonds is 3. The fourth-order valence-corrected chi connectivity index (χ4v) is 2.68. The predicted octanol–water partition coefficient (Wildman–Crippen LogP) is 1.65. The molecule has 1 fully saturated rings. The van der Waals surface area contributed by atoms with Crippen molar-refractivity contribution < 1.29 is 14.7 Å². The molecule has 0 aromatic heterocycles. The molecule has 1 rings (SSSR count). The molecule has 4 heteroatoms. The molecule has 2 N–H and O–H groups in total. The van der Waals surface area contributed by atoms with E-state index in [4.69, 9.17) is 0 Å². The first kappa shape index (κ1) is 13.0. The van der Waals surface area contributed by atoms with Gasteiger partial charge in [0.25, 0.3) is 0 Å². The molecule has 4 nitrogen and oxygen atoms in total. The van der Waals surface area contributed by atoms with Crippen molar-refractivity contribution in [2.75, 3.05) is 7.05 Å². The topological polar surface area (TPSA) is 66.4 Å². The summed E-state index contributed by atoms with van der Waals surface area (Å²) < 4.78 is 0. The van der Waals surface area contributed by atoms with Crippen molar-refractivity contribution in [2.45, 2.75) is 39.5 Å². The van der Waals surface area contributed by atoms with Crippen LogP contribution >= 0.6 is 0 Å². The normalized spacial score (nSPS) is 29.2. The zero-order valence-electron chi connectivity index (χ0n) is 10.2. The minimum Gasteiger partial charge on any atom is -0.480 e. The summed E-state index contributed by atoms with van der Waals surface area (Å²) >= 11 is 0. The molecule has 0 aromatic rings. The molecule has 16 heavy (non-hydrogen) atoms. The fourth-order valence-electron chi connectivity index (χ4n) is 2.68. The molecule has 0 heterocycles. The van der Waals surface area contributed by atoms with E-state index in [0.29, 0.717) is 5.92 Å². The third-order valence-electron chi connectivity index (χ3n) is 3.90. The molecule has 0 spiro atoms. The Morgan fingerprint density at radius 1 is 1.38 bits per heavy atom. The van der Waals surface area contributed by atoms with E-state index in [2.05, 4.69) is 12.2 Å². The summed E-state index contributed by atoms with van der Waals surface area (Å²) in [5, 5.41) is 11.8. The van der Waals surface area contributed by atoms with Crippen LogP contribution in [0.25, 0.3) is 0 Å². The molecule has 92 valence electrons. The van der Waals surface area contributed by atoms with Gasteiger partial charge in [-0.05, 0) is 31.6 Å². The SMILES string of the molecule is CNC(=O)C(C)(C(=O)O)C1CCCC(C)C1. The van der Waals surface area contributed by atoms with Crippen LogP contribution in [0.1, 0.15) is 39.5 Å². The van der Waals surface area contributed by atoms with Gasteiger partial charge < -0.3 is 10.4 Å². The van der Waals surface area contributed by atoms with E-state index in [0.717, 1.165) is 25.7 Å². The van der Waals surface area contributed by atoms with Crippen LogP contribution < -0.4 is 5.32 Å². The monoisotopic (exact) mass is 227 g/mol. The van der Waals surface area contributed by atoms with Crippen LogP contribution in [0.2, 0.25) is 0 Å². The van der Waals surface area contributed by atoms with Crippen molar-refractivity contribution in [3.8, 4) is 0 Å². The highest BCUT2D eigenvalue weighted by atomic mass is 16.4. The van der Waals surface area contributed by atoms with E-state index in [1.807, 2.05) is 0 Å². The van der Waals surface area contributed by atoms with Gasteiger partial charge in [-0.15, -0.1) is 0 Å². The Balaban J connectivity index is 2.92. The van der Waals surface area contributed by atoms with E-state index in [1.165, 1.54) is 7.05 Å². The van der Waals surface area contributed by atoms with Gasteiger partial charge in [0.05, 0.1) is 0 Å². The Morgan fingerprint density at radius 3 is 2.44 bits per heavy atom. The molecule has 0 bridgehead atoms. The van der Waals surface area contributed by atoms with E-state index in [9.17, 15) is 14.7 Å². The molecular formula is C12H21NO3. The van der Waals surface area contributed by atoms with Crippen LogP contribution in [0, 0.1) is 17.3 Å². The molecule has 0 saturated heterocycles. The molecule has 1 amide bonds. The maximum absolute atomic E-state index is 11.8. The Labute approximate surface area is 96.4 Å². The third kappa shape index (κ3) is 2.20. The summed E-state index contributed by atoms with van der Waals surface area (Å²) in [4.78, 5) is 23.2. The smallest absolute Gasteiger partial charge is 0.319 e. The number of carboxylic acids is 1. The summed E-state index contributed by atoms with van der Waals surface area (Å²) in [7, 11) is 1.50. The van der Waals surface area contributed by atoms with Gasteiger partial charge in [0.1, 0.15) is 5.41 Å². The highest BCUT2D eigenvalue weighted by Gasteiger charge is 2.48. The van der Waals surface area contributed by atoms with Crippen molar-refractivity contribution in [3.63, 3.8) is 0 Å². The second kappa shape index (κ2) is 4.85. The summed E-state index contributed by atoms with van der Waals surface area (Å²) in [6, 6.07) is 0. The summed E-state index contributed by atoms with van der Waals surface area (Å²) in [6.45, 7) is 3.68. The summed E-state index contributed by atoms with van der Waals surface area (Å²) in [5.74, 6) is -0.916. The first-order valence-electron chi connectivity index (χ1n) is 5.88. The van der Waals surface area contributed by atoms with E-state index in [1.54, 1.807) is 6.92 Å². The molecule has 3 atom stereocenters. The lowest BCUT2D eigenvalue weighted by atomic mass is 9.67.